The Bertz CT molecular complexity index is 564. The van der Waals surface area contributed by atoms with E-state index in [2.05, 4.69) is 10.2 Å². The van der Waals surface area contributed by atoms with Crippen molar-refractivity contribution in [3.8, 4) is 0 Å². The number of aromatic nitrogens is 3. The molecule has 0 aliphatic carbocycles. The molecule has 0 fully saturated rings. The third kappa shape index (κ3) is 2.29. The summed E-state index contributed by atoms with van der Waals surface area (Å²) in [6.45, 7) is 0. The van der Waals surface area contributed by atoms with Gasteiger partial charge in [0.15, 0.2) is 0 Å². The first kappa shape index (κ1) is 11.6. The number of hydrogen-bond donors (Lipinski definition) is 1. The summed E-state index contributed by atoms with van der Waals surface area (Å²) in [6, 6.07) is 7.47. The van der Waals surface area contributed by atoms with Crippen molar-refractivity contribution in [3.05, 3.63) is 46.5 Å². The Morgan fingerprint density at radius 1 is 1.41 bits per heavy atom. The molecule has 2 rings (SSSR count). The second-order valence-electron chi connectivity index (χ2n) is 3.63. The quantitative estimate of drug-likeness (QED) is 0.888. The average Bonchev–Trinajstić information content (AvgIpc) is 2.64. The topological polar surface area (TPSA) is 73.8 Å². The molecular weight excluding hydrogens is 240 g/mol. The van der Waals surface area contributed by atoms with Crippen LogP contribution in [0.15, 0.2) is 24.3 Å². The summed E-state index contributed by atoms with van der Waals surface area (Å²) in [4.78, 5) is 11.0. The predicted molar refractivity (Wildman–Crippen MR) is 63.8 cm³/mol. The van der Waals surface area contributed by atoms with Gasteiger partial charge in [0.2, 0.25) is 5.82 Å². The SMILES string of the molecule is Cn1c(Cc2ccccc2Cl)nnc1C(N)=O. The Morgan fingerprint density at radius 2 is 2.12 bits per heavy atom. The normalized spacial score (nSPS) is 10.5. The molecule has 1 heterocycles. The van der Waals surface area contributed by atoms with E-state index in [-0.39, 0.29) is 5.82 Å². The number of carbonyl (C=O) groups excluding carboxylic acids is 1. The lowest BCUT2D eigenvalue weighted by atomic mass is 10.1. The minimum absolute atomic E-state index is 0.145. The van der Waals surface area contributed by atoms with Crippen molar-refractivity contribution in [3.63, 3.8) is 0 Å². The molecule has 0 atom stereocenters. The highest BCUT2D eigenvalue weighted by Gasteiger charge is 2.14. The summed E-state index contributed by atoms with van der Waals surface area (Å²) in [5.74, 6) is 0.198. The summed E-state index contributed by atoms with van der Waals surface area (Å²) in [6.07, 6.45) is 0.510. The van der Waals surface area contributed by atoms with Crippen molar-refractivity contribution in [1.82, 2.24) is 14.8 Å². The molecule has 2 N–H and O–H groups in total. The predicted octanol–water partition coefficient (Wildman–Crippen LogP) is 1.16. The van der Waals surface area contributed by atoms with Crippen LogP contribution in [0.25, 0.3) is 0 Å². The summed E-state index contributed by atoms with van der Waals surface area (Å²) >= 11 is 6.05. The number of halogens is 1. The van der Waals surface area contributed by atoms with Crippen molar-refractivity contribution in [1.29, 1.82) is 0 Å². The summed E-state index contributed by atoms with van der Waals surface area (Å²) in [5.41, 5.74) is 6.09. The fourth-order valence-corrected chi connectivity index (χ4v) is 1.74. The van der Waals surface area contributed by atoms with Crippen LogP contribution >= 0.6 is 11.6 Å². The van der Waals surface area contributed by atoms with Gasteiger partial charge in [-0.25, -0.2) is 0 Å². The Morgan fingerprint density at radius 3 is 2.71 bits per heavy atom. The van der Waals surface area contributed by atoms with E-state index < -0.39 is 5.91 Å². The first-order chi connectivity index (χ1) is 8.09. The van der Waals surface area contributed by atoms with Crippen molar-refractivity contribution in [2.75, 3.05) is 0 Å². The van der Waals surface area contributed by atoms with Crippen LogP contribution in [-0.4, -0.2) is 20.7 Å². The van der Waals surface area contributed by atoms with Crippen LogP contribution in [0.4, 0.5) is 0 Å². The number of rotatable bonds is 3. The third-order valence-electron chi connectivity index (χ3n) is 2.49. The Labute approximate surface area is 103 Å². The van der Waals surface area contributed by atoms with E-state index in [4.69, 9.17) is 17.3 Å². The first-order valence-corrected chi connectivity index (χ1v) is 5.39. The van der Waals surface area contributed by atoms with E-state index in [1.165, 1.54) is 0 Å². The van der Waals surface area contributed by atoms with Gasteiger partial charge in [0.1, 0.15) is 5.82 Å². The minimum Gasteiger partial charge on any atom is -0.363 e. The van der Waals surface area contributed by atoms with Crippen molar-refractivity contribution in [2.45, 2.75) is 6.42 Å². The fraction of sp³-hybridized carbons (Fsp3) is 0.182. The van der Waals surface area contributed by atoms with Gasteiger partial charge in [-0.05, 0) is 11.6 Å². The fourth-order valence-electron chi connectivity index (χ4n) is 1.54. The van der Waals surface area contributed by atoms with Gasteiger partial charge in [-0.15, -0.1) is 10.2 Å². The zero-order valence-electron chi connectivity index (χ0n) is 9.22. The Hall–Kier alpha value is -1.88. The van der Waals surface area contributed by atoms with Crippen LogP contribution < -0.4 is 5.73 Å². The lowest BCUT2D eigenvalue weighted by molar-refractivity contribution is 0.0987. The van der Waals surface area contributed by atoms with E-state index in [1.807, 2.05) is 24.3 Å². The second-order valence-corrected chi connectivity index (χ2v) is 4.04. The van der Waals surface area contributed by atoms with E-state index in [0.717, 1.165) is 5.56 Å². The van der Waals surface area contributed by atoms with Gasteiger partial charge in [0, 0.05) is 18.5 Å². The molecule has 1 aromatic carbocycles. The van der Waals surface area contributed by atoms with Crippen LogP contribution in [-0.2, 0) is 13.5 Å². The lowest BCUT2D eigenvalue weighted by Crippen LogP contribution is -2.17. The summed E-state index contributed by atoms with van der Waals surface area (Å²) in [5, 5.41) is 8.33. The minimum atomic E-state index is -0.592. The van der Waals surface area contributed by atoms with Crippen molar-refractivity contribution >= 4 is 17.5 Å². The molecule has 88 valence electrons. The highest BCUT2D eigenvalue weighted by atomic mass is 35.5. The summed E-state index contributed by atoms with van der Waals surface area (Å²) in [7, 11) is 1.70. The lowest BCUT2D eigenvalue weighted by Gasteiger charge is -2.04. The molecule has 0 spiro atoms. The van der Waals surface area contributed by atoms with E-state index >= 15 is 0 Å². The molecule has 6 heteroatoms. The van der Waals surface area contributed by atoms with Gasteiger partial charge in [0.25, 0.3) is 5.91 Å². The van der Waals surface area contributed by atoms with Gasteiger partial charge in [-0.2, -0.15) is 0 Å². The molecule has 17 heavy (non-hydrogen) atoms. The number of amides is 1. The Kier molecular flexibility index (Phi) is 3.10. The molecule has 0 saturated heterocycles. The van der Waals surface area contributed by atoms with E-state index in [0.29, 0.717) is 17.3 Å². The highest BCUT2D eigenvalue weighted by Crippen LogP contribution is 2.18. The van der Waals surface area contributed by atoms with Gasteiger partial charge in [0.05, 0.1) is 0 Å². The molecule has 5 nitrogen and oxygen atoms in total. The molecule has 2 aromatic rings. The standard InChI is InChI=1S/C11H11ClN4O/c1-16-9(14-15-11(16)10(13)17)6-7-4-2-3-5-8(7)12/h2-5H,6H2,1H3,(H2,13,17). The Balaban J connectivity index is 2.31. The van der Waals surface area contributed by atoms with Crippen LogP contribution in [0.2, 0.25) is 5.02 Å². The monoisotopic (exact) mass is 250 g/mol. The maximum absolute atomic E-state index is 11.0. The van der Waals surface area contributed by atoms with Crippen molar-refractivity contribution < 1.29 is 4.79 Å². The maximum atomic E-state index is 11.0. The first-order valence-electron chi connectivity index (χ1n) is 5.01. The van der Waals surface area contributed by atoms with Gasteiger partial charge in [-0.3, -0.25) is 4.79 Å². The molecule has 0 bridgehead atoms. The largest absolute Gasteiger partial charge is 0.363 e. The molecule has 0 radical (unpaired) electrons. The maximum Gasteiger partial charge on any atom is 0.286 e. The number of benzene rings is 1. The molecule has 0 aliphatic heterocycles. The van der Waals surface area contributed by atoms with Crippen molar-refractivity contribution in [2.24, 2.45) is 12.8 Å². The molecule has 1 amide bonds. The smallest absolute Gasteiger partial charge is 0.286 e. The third-order valence-corrected chi connectivity index (χ3v) is 2.86. The molecule has 0 saturated carbocycles. The second kappa shape index (κ2) is 4.55. The molecule has 1 aromatic heterocycles. The summed E-state index contributed by atoms with van der Waals surface area (Å²) < 4.78 is 1.58. The molecule has 0 unspecified atom stereocenters. The van der Waals surface area contributed by atoms with Gasteiger partial charge >= 0.3 is 0 Å². The number of hydrogen-bond acceptors (Lipinski definition) is 3. The number of primary amides is 1. The van der Waals surface area contributed by atoms with E-state index in [1.54, 1.807) is 11.6 Å². The molecule has 0 aliphatic rings. The van der Waals surface area contributed by atoms with Gasteiger partial charge in [-0.1, -0.05) is 29.8 Å². The highest BCUT2D eigenvalue weighted by molar-refractivity contribution is 6.31. The zero-order valence-corrected chi connectivity index (χ0v) is 9.98. The van der Waals surface area contributed by atoms with E-state index in [9.17, 15) is 4.79 Å². The number of carbonyl (C=O) groups is 1. The molecular formula is C11H11ClN4O. The van der Waals surface area contributed by atoms with Gasteiger partial charge < -0.3 is 10.3 Å². The van der Waals surface area contributed by atoms with Crippen LogP contribution in [0, 0.1) is 0 Å². The average molecular weight is 251 g/mol. The van der Waals surface area contributed by atoms with Crippen LogP contribution in [0.1, 0.15) is 22.0 Å². The number of nitrogens with zero attached hydrogens (tertiary/aromatic N) is 3. The zero-order chi connectivity index (χ0) is 12.4. The van der Waals surface area contributed by atoms with Crippen LogP contribution in [0.3, 0.4) is 0 Å². The number of nitrogens with two attached hydrogens (primary N) is 1. The van der Waals surface area contributed by atoms with Crippen LogP contribution in [0.5, 0.6) is 0 Å².